The molecule has 3 aromatic rings. The van der Waals surface area contributed by atoms with E-state index in [1.54, 1.807) is 0 Å². The Morgan fingerprint density at radius 3 is 2.69 bits per heavy atom. The molecule has 0 N–H and O–H groups in total. The van der Waals surface area contributed by atoms with Crippen LogP contribution in [0.5, 0.6) is 0 Å². The highest BCUT2D eigenvalue weighted by atomic mass is 16.6. The minimum atomic E-state index is -0.480. The van der Waals surface area contributed by atoms with E-state index in [-0.39, 0.29) is 12.1 Å². The zero-order valence-electron chi connectivity index (χ0n) is 18.1. The Bertz CT molecular complexity index is 1080. The number of hydrogen-bond donors (Lipinski definition) is 0. The molecule has 1 atom stereocenters. The predicted octanol–water partition coefficient (Wildman–Crippen LogP) is 5.95. The van der Waals surface area contributed by atoms with Crippen molar-refractivity contribution in [1.82, 2.24) is 9.88 Å². The molecule has 4 rings (SSSR count). The maximum atomic E-state index is 12.7. The molecule has 0 radical (unpaired) electrons. The number of pyridine rings is 1. The summed E-state index contributed by atoms with van der Waals surface area (Å²) in [6.07, 6.45) is 2.54. The first-order chi connectivity index (χ1) is 13.7. The molecule has 0 saturated carbocycles. The molecule has 0 bridgehead atoms. The normalized spacial score (nSPS) is 17.3. The van der Waals surface area contributed by atoms with Gasteiger partial charge in [-0.15, -0.1) is 0 Å². The first-order valence-electron chi connectivity index (χ1n) is 10.5. The van der Waals surface area contributed by atoms with Gasteiger partial charge in [0.1, 0.15) is 5.60 Å². The summed E-state index contributed by atoms with van der Waals surface area (Å²) in [5, 5.41) is 3.67. The number of amides is 1. The van der Waals surface area contributed by atoms with Crippen LogP contribution in [0.1, 0.15) is 50.4 Å². The number of benzene rings is 2. The van der Waals surface area contributed by atoms with Crippen LogP contribution >= 0.6 is 0 Å². The first kappa shape index (κ1) is 19.7. The third kappa shape index (κ3) is 3.93. The van der Waals surface area contributed by atoms with Crippen molar-refractivity contribution in [1.29, 1.82) is 0 Å². The smallest absolute Gasteiger partial charge is 0.410 e. The minimum Gasteiger partial charge on any atom is -0.444 e. The Balaban J connectivity index is 1.76. The highest BCUT2D eigenvalue weighted by Gasteiger charge is 2.33. The average Bonchev–Trinajstić information content (AvgIpc) is 3.08. The summed E-state index contributed by atoms with van der Waals surface area (Å²) < 4.78 is 5.65. The number of nitrogens with zero attached hydrogens (tertiary/aromatic N) is 2. The fourth-order valence-corrected chi connectivity index (χ4v) is 4.54. The summed E-state index contributed by atoms with van der Waals surface area (Å²) in [5.41, 5.74) is 4.12. The van der Waals surface area contributed by atoms with Crippen LogP contribution in [-0.4, -0.2) is 34.2 Å². The van der Waals surface area contributed by atoms with Crippen LogP contribution in [0.25, 0.3) is 21.7 Å². The van der Waals surface area contributed by atoms with E-state index >= 15 is 0 Å². The number of ether oxygens (including phenoxy) is 1. The molecule has 1 saturated heterocycles. The first-order valence-corrected chi connectivity index (χ1v) is 10.5. The molecule has 1 amide bonds. The van der Waals surface area contributed by atoms with Crippen molar-refractivity contribution in [3.63, 3.8) is 0 Å². The Kier molecular flexibility index (Phi) is 4.97. The summed E-state index contributed by atoms with van der Waals surface area (Å²) in [6.45, 7) is 10.8. The van der Waals surface area contributed by atoms with Gasteiger partial charge in [-0.25, -0.2) is 4.79 Å². The molecular formula is C25H30N2O2. The predicted molar refractivity (Wildman–Crippen MR) is 118 cm³/mol. The highest BCUT2D eigenvalue weighted by molar-refractivity contribution is 6.08. The Hall–Kier alpha value is -2.62. The molecule has 1 aliphatic heterocycles. The quantitative estimate of drug-likeness (QED) is 0.508. The van der Waals surface area contributed by atoms with Gasteiger partial charge < -0.3 is 9.64 Å². The Morgan fingerprint density at radius 2 is 1.93 bits per heavy atom. The fraction of sp³-hybridized carbons (Fsp3) is 0.440. The van der Waals surface area contributed by atoms with Gasteiger partial charge in [0.2, 0.25) is 0 Å². The molecule has 2 heterocycles. The van der Waals surface area contributed by atoms with Gasteiger partial charge >= 0.3 is 6.09 Å². The molecule has 29 heavy (non-hydrogen) atoms. The molecule has 1 aliphatic rings. The monoisotopic (exact) mass is 390 g/mol. The number of likely N-dealkylation sites (tertiary alicyclic amines) is 1. The summed E-state index contributed by atoms with van der Waals surface area (Å²) in [4.78, 5) is 19.7. The highest BCUT2D eigenvalue weighted by Crippen LogP contribution is 2.32. The van der Waals surface area contributed by atoms with E-state index in [1.165, 1.54) is 27.3 Å². The lowest BCUT2D eigenvalue weighted by Crippen LogP contribution is -2.40. The molecule has 1 fully saturated rings. The average molecular weight is 391 g/mol. The third-order valence-electron chi connectivity index (χ3n) is 5.65. The molecule has 2 aromatic carbocycles. The largest absolute Gasteiger partial charge is 0.444 e. The van der Waals surface area contributed by atoms with Crippen LogP contribution in [0.3, 0.4) is 0 Å². The number of hydrogen-bond acceptors (Lipinski definition) is 3. The van der Waals surface area contributed by atoms with Crippen molar-refractivity contribution in [2.45, 2.75) is 65.5 Å². The van der Waals surface area contributed by atoms with Gasteiger partial charge in [-0.3, -0.25) is 4.98 Å². The van der Waals surface area contributed by atoms with E-state index in [0.29, 0.717) is 0 Å². The number of para-hydroxylation sites is 1. The van der Waals surface area contributed by atoms with Crippen molar-refractivity contribution in [2.24, 2.45) is 0 Å². The van der Waals surface area contributed by atoms with Gasteiger partial charge in [0, 0.05) is 29.8 Å². The second-order valence-electron chi connectivity index (χ2n) is 9.25. The van der Waals surface area contributed by atoms with E-state index < -0.39 is 5.60 Å². The van der Waals surface area contributed by atoms with Gasteiger partial charge in [-0.2, -0.15) is 0 Å². The number of aryl methyl sites for hydroxylation is 2. The minimum absolute atomic E-state index is 0.127. The Labute approximate surface area is 172 Å². The number of fused-ring (bicyclic) bond motifs is 3. The third-order valence-corrected chi connectivity index (χ3v) is 5.65. The molecule has 0 spiro atoms. The van der Waals surface area contributed by atoms with E-state index in [4.69, 9.17) is 9.72 Å². The van der Waals surface area contributed by atoms with Gasteiger partial charge in [0.15, 0.2) is 0 Å². The summed E-state index contributed by atoms with van der Waals surface area (Å²) in [7, 11) is 0. The molecule has 0 unspecified atom stereocenters. The van der Waals surface area contributed by atoms with Crippen LogP contribution < -0.4 is 0 Å². The summed E-state index contributed by atoms with van der Waals surface area (Å²) >= 11 is 0. The van der Waals surface area contributed by atoms with Crippen molar-refractivity contribution < 1.29 is 9.53 Å². The fourth-order valence-electron chi connectivity index (χ4n) is 4.54. The van der Waals surface area contributed by atoms with Crippen molar-refractivity contribution >= 4 is 27.8 Å². The second kappa shape index (κ2) is 7.33. The van der Waals surface area contributed by atoms with Crippen LogP contribution in [0.2, 0.25) is 0 Å². The topological polar surface area (TPSA) is 42.4 Å². The lowest BCUT2D eigenvalue weighted by atomic mass is 9.95. The molecule has 0 aliphatic carbocycles. The van der Waals surface area contributed by atoms with E-state index in [9.17, 15) is 4.79 Å². The van der Waals surface area contributed by atoms with Gasteiger partial charge in [0.05, 0.1) is 11.2 Å². The lowest BCUT2D eigenvalue weighted by molar-refractivity contribution is 0.0226. The number of aromatic nitrogens is 1. The van der Waals surface area contributed by atoms with E-state index in [2.05, 4.69) is 44.2 Å². The molecular weight excluding hydrogens is 360 g/mol. The zero-order valence-corrected chi connectivity index (χ0v) is 18.1. The number of rotatable bonds is 2. The maximum Gasteiger partial charge on any atom is 0.410 e. The van der Waals surface area contributed by atoms with Gasteiger partial charge in [0.25, 0.3) is 0 Å². The zero-order chi connectivity index (χ0) is 20.8. The number of carbonyl (C=O) groups excluding carboxylic acids is 1. The van der Waals surface area contributed by atoms with Gasteiger partial charge in [-0.05, 0) is 64.5 Å². The van der Waals surface area contributed by atoms with E-state index in [1.807, 2.05) is 31.7 Å². The summed E-state index contributed by atoms with van der Waals surface area (Å²) in [6, 6.07) is 12.9. The van der Waals surface area contributed by atoms with Crippen molar-refractivity contribution in [3.8, 4) is 0 Å². The maximum absolute atomic E-state index is 12.7. The van der Waals surface area contributed by atoms with Crippen molar-refractivity contribution in [3.05, 3.63) is 53.2 Å². The molecule has 4 nitrogen and oxygen atoms in total. The van der Waals surface area contributed by atoms with Crippen LogP contribution in [0.15, 0.2) is 36.4 Å². The van der Waals surface area contributed by atoms with Crippen LogP contribution in [0, 0.1) is 13.8 Å². The molecule has 152 valence electrons. The summed E-state index contributed by atoms with van der Waals surface area (Å²) in [5.74, 6) is 0. The Morgan fingerprint density at radius 1 is 1.17 bits per heavy atom. The standard InChI is InChI=1S/C25H30N2O2/c1-16-13-17(2)23-20(14-16)19-10-6-7-11-21(19)26-22(23)15-18-9-8-12-27(18)24(28)29-25(3,4)5/h6-7,10-11,13-14,18H,8-9,12,15H2,1-5H3/t18-/m0/s1. The lowest BCUT2D eigenvalue weighted by Gasteiger charge is -2.29. The SMILES string of the molecule is Cc1cc(C)c2c(C[C@@H]3CCCN3C(=O)OC(C)(C)C)nc3ccccc3c2c1. The van der Waals surface area contributed by atoms with Gasteiger partial charge in [-0.1, -0.05) is 35.9 Å². The number of carbonyl (C=O) groups is 1. The van der Waals surface area contributed by atoms with Crippen molar-refractivity contribution in [2.75, 3.05) is 6.54 Å². The van der Waals surface area contributed by atoms with Crippen LogP contribution in [-0.2, 0) is 11.2 Å². The molecule has 1 aromatic heterocycles. The second-order valence-corrected chi connectivity index (χ2v) is 9.25. The molecule has 4 heteroatoms. The van der Waals surface area contributed by atoms with E-state index in [0.717, 1.165) is 37.0 Å². The van der Waals surface area contributed by atoms with Crippen LogP contribution in [0.4, 0.5) is 4.79 Å².